The molecule has 3 rings (SSSR count). The van der Waals surface area contributed by atoms with Crippen molar-refractivity contribution in [1.82, 2.24) is 9.88 Å². The van der Waals surface area contributed by atoms with Gasteiger partial charge in [-0.3, -0.25) is 9.29 Å². The summed E-state index contributed by atoms with van der Waals surface area (Å²) in [5.41, 5.74) is 1.88. The third-order valence-electron chi connectivity index (χ3n) is 4.43. The maximum absolute atomic E-state index is 12.0. The van der Waals surface area contributed by atoms with Gasteiger partial charge in [0.25, 0.3) is 0 Å². The van der Waals surface area contributed by atoms with Crippen LogP contribution < -0.4 is 4.31 Å². The highest BCUT2D eigenvalue weighted by Crippen LogP contribution is 2.47. The second kappa shape index (κ2) is 4.18. The minimum Gasteiger partial charge on any atom is -0.306 e. The van der Waals surface area contributed by atoms with E-state index in [1.54, 1.807) is 10.5 Å². The highest BCUT2D eigenvalue weighted by Gasteiger charge is 2.46. The molecular weight excluding hydrogens is 262 g/mol. The molecule has 0 amide bonds. The number of hydrogen-bond donors (Lipinski definition) is 0. The molecule has 5 nitrogen and oxygen atoms in total. The number of nitrogens with zero attached hydrogens (tertiary/aromatic N) is 3. The summed E-state index contributed by atoms with van der Waals surface area (Å²) in [5.74, 6) is 0. The lowest BCUT2D eigenvalue weighted by molar-refractivity contribution is 0.198. The van der Waals surface area contributed by atoms with Gasteiger partial charge in [-0.15, -0.1) is 0 Å². The lowest BCUT2D eigenvalue weighted by Crippen LogP contribution is -2.44. The van der Waals surface area contributed by atoms with Crippen LogP contribution >= 0.6 is 0 Å². The van der Waals surface area contributed by atoms with Gasteiger partial charge in [0.05, 0.1) is 11.9 Å². The number of aromatic nitrogens is 1. The van der Waals surface area contributed by atoms with E-state index in [4.69, 9.17) is 0 Å². The van der Waals surface area contributed by atoms with Crippen molar-refractivity contribution < 1.29 is 8.42 Å². The Morgan fingerprint density at radius 1 is 1.32 bits per heavy atom. The lowest BCUT2D eigenvalue weighted by atomic mass is 9.75. The van der Waals surface area contributed by atoms with E-state index < -0.39 is 10.0 Å². The van der Waals surface area contributed by atoms with Crippen molar-refractivity contribution in [3.8, 4) is 0 Å². The fraction of sp³-hybridized carbons (Fsp3) is 0.615. The average Bonchev–Trinajstić information content (AvgIpc) is 2.69. The zero-order valence-electron chi connectivity index (χ0n) is 11.3. The van der Waals surface area contributed by atoms with Gasteiger partial charge in [-0.2, -0.15) is 0 Å². The van der Waals surface area contributed by atoms with Crippen LogP contribution in [-0.2, 0) is 15.4 Å². The Morgan fingerprint density at radius 2 is 2.00 bits per heavy atom. The highest BCUT2D eigenvalue weighted by atomic mass is 32.2. The molecule has 1 fully saturated rings. The molecule has 1 spiro atoms. The van der Waals surface area contributed by atoms with E-state index in [2.05, 4.69) is 16.9 Å². The Kier molecular flexibility index (Phi) is 2.83. The van der Waals surface area contributed by atoms with Gasteiger partial charge in [0, 0.05) is 29.9 Å². The van der Waals surface area contributed by atoms with Crippen LogP contribution in [0.5, 0.6) is 0 Å². The Labute approximate surface area is 114 Å². The number of rotatable bonds is 1. The highest BCUT2D eigenvalue weighted by molar-refractivity contribution is 7.92. The number of hydrogen-bond acceptors (Lipinski definition) is 4. The molecule has 19 heavy (non-hydrogen) atoms. The van der Waals surface area contributed by atoms with Gasteiger partial charge in [-0.05, 0) is 39.0 Å². The van der Waals surface area contributed by atoms with Crippen LogP contribution in [-0.4, -0.2) is 51.2 Å². The molecule has 0 radical (unpaired) electrons. The zero-order chi connectivity index (χ0) is 13.7. The van der Waals surface area contributed by atoms with Crippen molar-refractivity contribution in [3.05, 3.63) is 24.0 Å². The first-order chi connectivity index (χ1) is 8.92. The minimum absolute atomic E-state index is 0.0425. The van der Waals surface area contributed by atoms with Crippen LogP contribution in [0.1, 0.15) is 18.4 Å². The molecule has 0 bridgehead atoms. The number of piperidine rings is 1. The van der Waals surface area contributed by atoms with E-state index in [1.807, 2.05) is 12.3 Å². The second-order valence-corrected chi connectivity index (χ2v) is 7.65. The fourth-order valence-corrected chi connectivity index (χ4v) is 4.23. The Bertz CT molecular complexity index is 592. The van der Waals surface area contributed by atoms with Gasteiger partial charge >= 0.3 is 0 Å². The van der Waals surface area contributed by atoms with Crippen molar-refractivity contribution >= 4 is 15.7 Å². The Hall–Kier alpha value is -1.14. The van der Waals surface area contributed by atoms with Crippen molar-refractivity contribution in [2.75, 3.05) is 37.2 Å². The molecule has 0 aromatic carbocycles. The van der Waals surface area contributed by atoms with Crippen LogP contribution in [0.2, 0.25) is 0 Å². The van der Waals surface area contributed by atoms with Gasteiger partial charge in [-0.1, -0.05) is 0 Å². The Morgan fingerprint density at radius 3 is 2.63 bits per heavy atom. The molecule has 0 aliphatic carbocycles. The first-order valence-electron chi connectivity index (χ1n) is 6.53. The van der Waals surface area contributed by atoms with Crippen LogP contribution in [0.15, 0.2) is 18.5 Å². The smallest absolute Gasteiger partial charge is 0.232 e. The molecule has 6 heteroatoms. The standard InChI is InChI=1S/C13H19N3O2S/c1-15-7-4-13(5-8-15)10-16(19(2,17)18)12-3-6-14-9-11(12)13/h3,6,9H,4-5,7-8,10H2,1-2H3. The fourth-order valence-electron chi connectivity index (χ4n) is 3.23. The molecule has 1 aromatic rings. The topological polar surface area (TPSA) is 53.5 Å². The summed E-state index contributed by atoms with van der Waals surface area (Å²) in [6.07, 6.45) is 6.80. The maximum Gasteiger partial charge on any atom is 0.232 e. The summed E-state index contributed by atoms with van der Waals surface area (Å²) in [7, 11) is -1.10. The quantitative estimate of drug-likeness (QED) is 0.765. The molecule has 2 aliphatic heterocycles. The monoisotopic (exact) mass is 281 g/mol. The largest absolute Gasteiger partial charge is 0.306 e. The summed E-state index contributed by atoms with van der Waals surface area (Å²) in [5, 5.41) is 0. The average molecular weight is 281 g/mol. The van der Waals surface area contributed by atoms with Crippen molar-refractivity contribution in [1.29, 1.82) is 0 Å². The molecule has 104 valence electrons. The minimum atomic E-state index is -3.21. The number of fused-ring (bicyclic) bond motifs is 2. The molecule has 3 heterocycles. The SMILES string of the molecule is CN1CCC2(CC1)CN(S(C)(=O)=O)c1ccncc12. The lowest BCUT2D eigenvalue weighted by Gasteiger charge is -2.38. The summed E-state index contributed by atoms with van der Waals surface area (Å²) in [6, 6.07) is 1.82. The molecule has 0 saturated carbocycles. The molecule has 0 atom stereocenters. The predicted octanol–water partition coefficient (Wildman–Crippen LogP) is 0.825. The van der Waals surface area contributed by atoms with Gasteiger partial charge < -0.3 is 4.90 Å². The van der Waals surface area contributed by atoms with Crippen LogP contribution in [0, 0.1) is 0 Å². The van der Waals surface area contributed by atoms with Crippen LogP contribution in [0.4, 0.5) is 5.69 Å². The van der Waals surface area contributed by atoms with E-state index in [-0.39, 0.29) is 5.41 Å². The van der Waals surface area contributed by atoms with E-state index in [0.717, 1.165) is 37.2 Å². The van der Waals surface area contributed by atoms with E-state index in [0.29, 0.717) is 6.54 Å². The first kappa shape index (κ1) is 12.9. The number of likely N-dealkylation sites (tertiary alicyclic amines) is 1. The third-order valence-corrected chi connectivity index (χ3v) is 5.56. The van der Waals surface area contributed by atoms with E-state index >= 15 is 0 Å². The van der Waals surface area contributed by atoms with Gasteiger partial charge in [0.1, 0.15) is 0 Å². The summed E-state index contributed by atoms with van der Waals surface area (Å²) >= 11 is 0. The van der Waals surface area contributed by atoms with E-state index in [1.165, 1.54) is 6.26 Å². The second-order valence-electron chi connectivity index (χ2n) is 5.75. The molecule has 1 aromatic heterocycles. The van der Waals surface area contributed by atoms with E-state index in [9.17, 15) is 8.42 Å². The van der Waals surface area contributed by atoms with Crippen molar-refractivity contribution in [3.63, 3.8) is 0 Å². The van der Waals surface area contributed by atoms with Gasteiger partial charge in [0.15, 0.2) is 0 Å². The maximum atomic E-state index is 12.0. The Balaban J connectivity index is 2.07. The number of sulfonamides is 1. The number of pyridine rings is 1. The van der Waals surface area contributed by atoms with Crippen molar-refractivity contribution in [2.24, 2.45) is 0 Å². The van der Waals surface area contributed by atoms with Gasteiger partial charge in [0.2, 0.25) is 10.0 Å². The molecule has 2 aliphatic rings. The first-order valence-corrected chi connectivity index (χ1v) is 8.38. The van der Waals surface area contributed by atoms with Crippen LogP contribution in [0.3, 0.4) is 0 Å². The predicted molar refractivity (Wildman–Crippen MR) is 74.8 cm³/mol. The third kappa shape index (κ3) is 2.03. The molecule has 1 saturated heterocycles. The normalized spacial score (nSPS) is 22.7. The summed E-state index contributed by atoms with van der Waals surface area (Å²) in [6.45, 7) is 2.58. The zero-order valence-corrected chi connectivity index (χ0v) is 12.2. The molecular formula is C13H19N3O2S. The number of anilines is 1. The molecule has 0 unspecified atom stereocenters. The molecule has 0 N–H and O–H groups in total. The summed E-state index contributed by atoms with van der Waals surface area (Å²) in [4.78, 5) is 6.50. The summed E-state index contributed by atoms with van der Waals surface area (Å²) < 4.78 is 25.5. The van der Waals surface area contributed by atoms with Gasteiger partial charge in [-0.25, -0.2) is 8.42 Å². The van der Waals surface area contributed by atoms with Crippen LogP contribution in [0.25, 0.3) is 0 Å². The van der Waals surface area contributed by atoms with Crippen molar-refractivity contribution in [2.45, 2.75) is 18.3 Å².